The van der Waals surface area contributed by atoms with Crippen LogP contribution in [0.5, 0.6) is 0 Å². The molecule has 0 bridgehead atoms. The zero-order valence-corrected chi connectivity index (χ0v) is 12.5. The molecule has 114 valence electrons. The molecule has 2 aliphatic rings. The second-order valence-electron chi connectivity index (χ2n) is 5.72. The van der Waals surface area contributed by atoms with Gasteiger partial charge in [0.25, 0.3) is 0 Å². The fourth-order valence-corrected chi connectivity index (χ4v) is 2.84. The number of rotatable bonds is 3. The summed E-state index contributed by atoms with van der Waals surface area (Å²) in [5.41, 5.74) is 0. The van der Waals surface area contributed by atoms with Crippen molar-refractivity contribution in [3.63, 3.8) is 0 Å². The summed E-state index contributed by atoms with van der Waals surface area (Å²) in [6, 6.07) is 0. The summed E-state index contributed by atoms with van der Waals surface area (Å²) in [6.45, 7) is 4.97. The maximum Gasteiger partial charge on any atom is 0.242 e. The predicted molar refractivity (Wildman–Crippen MR) is 76.3 cm³/mol. The van der Waals surface area contributed by atoms with E-state index in [0.29, 0.717) is 26.1 Å². The van der Waals surface area contributed by atoms with E-state index in [9.17, 15) is 9.59 Å². The van der Waals surface area contributed by atoms with Crippen molar-refractivity contribution in [1.82, 2.24) is 9.80 Å². The number of amides is 2. The highest BCUT2D eigenvalue weighted by Gasteiger charge is 2.26. The van der Waals surface area contributed by atoms with Gasteiger partial charge in [0.1, 0.15) is 0 Å². The molecule has 0 radical (unpaired) electrons. The minimum atomic E-state index is 0.0701. The molecule has 1 unspecified atom stereocenters. The fourth-order valence-electron chi connectivity index (χ4n) is 2.84. The standard InChI is InChI=1S/C15H26N2O3/c1-2-13-11-17(9-10-20-13)15(19)12-16-8-6-4-3-5-7-14(16)18/h13H,2-12H2,1H3. The van der Waals surface area contributed by atoms with Crippen molar-refractivity contribution in [2.75, 3.05) is 32.8 Å². The third-order valence-electron chi connectivity index (χ3n) is 4.19. The van der Waals surface area contributed by atoms with Crippen molar-refractivity contribution >= 4 is 11.8 Å². The summed E-state index contributed by atoms with van der Waals surface area (Å²) in [5.74, 6) is 0.207. The van der Waals surface area contributed by atoms with Gasteiger partial charge in [0.15, 0.2) is 0 Å². The van der Waals surface area contributed by atoms with Crippen LogP contribution in [0, 0.1) is 0 Å². The summed E-state index contributed by atoms with van der Waals surface area (Å²) in [4.78, 5) is 28.0. The van der Waals surface area contributed by atoms with Gasteiger partial charge < -0.3 is 14.5 Å². The van der Waals surface area contributed by atoms with E-state index in [1.54, 1.807) is 4.90 Å². The van der Waals surface area contributed by atoms with Crippen LogP contribution in [0.15, 0.2) is 0 Å². The van der Waals surface area contributed by atoms with Crippen LogP contribution in [0.25, 0.3) is 0 Å². The first-order valence-electron chi connectivity index (χ1n) is 7.88. The van der Waals surface area contributed by atoms with Gasteiger partial charge in [-0.15, -0.1) is 0 Å². The van der Waals surface area contributed by atoms with Crippen molar-refractivity contribution in [3.8, 4) is 0 Å². The lowest BCUT2D eigenvalue weighted by Crippen LogP contribution is -2.50. The Morgan fingerprint density at radius 3 is 2.85 bits per heavy atom. The Bertz CT molecular complexity index is 346. The molecule has 20 heavy (non-hydrogen) atoms. The van der Waals surface area contributed by atoms with Crippen molar-refractivity contribution in [1.29, 1.82) is 0 Å². The summed E-state index contributed by atoms with van der Waals surface area (Å²) in [7, 11) is 0. The van der Waals surface area contributed by atoms with E-state index in [1.165, 1.54) is 0 Å². The van der Waals surface area contributed by atoms with E-state index in [1.807, 2.05) is 4.90 Å². The number of ether oxygens (including phenoxy) is 1. The van der Waals surface area contributed by atoms with Gasteiger partial charge in [-0.1, -0.05) is 19.8 Å². The molecule has 5 nitrogen and oxygen atoms in total. The lowest BCUT2D eigenvalue weighted by Gasteiger charge is -2.34. The summed E-state index contributed by atoms with van der Waals surface area (Å²) >= 11 is 0. The molecule has 2 fully saturated rings. The number of hydrogen-bond acceptors (Lipinski definition) is 3. The van der Waals surface area contributed by atoms with Gasteiger partial charge in [0.05, 0.1) is 19.3 Å². The quantitative estimate of drug-likeness (QED) is 0.786. The Balaban J connectivity index is 1.86. The van der Waals surface area contributed by atoms with Crippen molar-refractivity contribution in [3.05, 3.63) is 0 Å². The van der Waals surface area contributed by atoms with Crippen molar-refractivity contribution in [2.45, 2.75) is 51.6 Å². The summed E-state index contributed by atoms with van der Waals surface area (Å²) in [5, 5.41) is 0. The molecule has 2 aliphatic heterocycles. The van der Waals surface area contributed by atoms with Crippen LogP contribution < -0.4 is 0 Å². The Morgan fingerprint density at radius 2 is 2.05 bits per heavy atom. The Hall–Kier alpha value is -1.10. The third-order valence-corrected chi connectivity index (χ3v) is 4.19. The van der Waals surface area contributed by atoms with Crippen LogP contribution in [-0.2, 0) is 14.3 Å². The van der Waals surface area contributed by atoms with Crippen molar-refractivity contribution < 1.29 is 14.3 Å². The number of likely N-dealkylation sites (tertiary alicyclic amines) is 1. The Labute approximate surface area is 121 Å². The van der Waals surface area contributed by atoms with Crippen LogP contribution in [0.4, 0.5) is 0 Å². The van der Waals surface area contributed by atoms with E-state index in [4.69, 9.17) is 4.74 Å². The number of morpholine rings is 1. The lowest BCUT2D eigenvalue weighted by molar-refractivity contribution is -0.145. The molecule has 1 atom stereocenters. The molecule has 0 N–H and O–H groups in total. The topological polar surface area (TPSA) is 49.9 Å². The number of carbonyl (C=O) groups excluding carboxylic acids is 2. The molecule has 2 heterocycles. The largest absolute Gasteiger partial charge is 0.375 e. The first-order valence-corrected chi connectivity index (χ1v) is 7.88. The highest BCUT2D eigenvalue weighted by atomic mass is 16.5. The minimum absolute atomic E-state index is 0.0701. The Kier molecular flexibility index (Phi) is 5.83. The zero-order valence-electron chi connectivity index (χ0n) is 12.5. The van der Waals surface area contributed by atoms with E-state index >= 15 is 0 Å². The maximum absolute atomic E-state index is 12.3. The molecule has 2 rings (SSSR count). The lowest BCUT2D eigenvalue weighted by atomic mass is 10.1. The maximum atomic E-state index is 12.3. The van der Waals surface area contributed by atoms with Crippen molar-refractivity contribution in [2.24, 2.45) is 0 Å². The molecule has 0 aromatic heterocycles. The number of nitrogens with zero attached hydrogens (tertiary/aromatic N) is 2. The molecule has 0 saturated carbocycles. The highest BCUT2D eigenvalue weighted by molar-refractivity contribution is 5.85. The van der Waals surface area contributed by atoms with Crippen LogP contribution in [0.1, 0.15) is 45.4 Å². The molecule has 0 aromatic carbocycles. The predicted octanol–water partition coefficient (Wildman–Crippen LogP) is 1.42. The molecule has 5 heteroatoms. The highest BCUT2D eigenvalue weighted by Crippen LogP contribution is 2.13. The normalized spacial score (nSPS) is 25.2. The fraction of sp³-hybridized carbons (Fsp3) is 0.867. The third kappa shape index (κ3) is 4.20. The summed E-state index contributed by atoms with van der Waals surface area (Å²) < 4.78 is 5.58. The number of carbonyl (C=O) groups is 2. The molecular formula is C15H26N2O3. The second-order valence-corrected chi connectivity index (χ2v) is 5.72. The molecule has 0 spiro atoms. The second kappa shape index (κ2) is 7.62. The van der Waals surface area contributed by atoms with E-state index < -0.39 is 0 Å². The molecular weight excluding hydrogens is 256 g/mol. The molecule has 2 saturated heterocycles. The Morgan fingerprint density at radius 1 is 1.25 bits per heavy atom. The first-order chi connectivity index (χ1) is 9.70. The minimum Gasteiger partial charge on any atom is -0.375 e. The first kappa shape index (κ1) is 15.3. The van der Waals surface area contributed by atoms with E-state index in [-0.39, 0.29) is 24.5 Å². The molecule has 0 aromatic rings. The molecule has 2 amide bonds. The van der Waals surface area contributed by atoms with Crippen LogP contribution in [0.3, 0.4) is 0 Å². The van der Waals surface area contributed by atoms with Crippen LogP contribution in [-0.4, -0.2) is 60.5 Å². The average molecular weight is 282 g/mol. The van der Waals surface area contributed by atoms with Gasteiger partial charge in [0, 0.05) is 26.1 Å². The van der Waals surface area contributed by atoms with Gasteiger partial charge in [-0.2, -0.15) is 0 Å². The van der Waals surface area contributed by atoms with Gasteiger partial charge in [-0.25, -0.2) is 0 Å². The smallest absolute Gasteiger partial charge is 0.242 e. The average Bonchev–Trinajstić information content (AvgIpc) is 2.47. The van der Waals surface area contributed by atoms with E-state index in [2.05, 4.69) is 6.92 Å². The zero-order chi connectivity index (χ0) is 14.4. The number of hydrogen-bond donors (Lipinski definition) is 0. The van der Waals surface area contributed by atoms with E-state index in [0.717, 1.165) is 38.6 Å². The van der Waals surface area contributed by atoms with Gasteiger partial charge in [0.2, 0.25) is 11.8 Å². The van der Waals surface area contributed by atoms with Gasteiger partial charge in [-0.3, -0.25) is 9.59 Å². The van der Waals surface area contributed by atoms with Gasteiger partial charge in [-0.05, 0) is 19.3 Å². The summed E-state index contributed by atoms with van der Waals surface area (Å²) in [6.07, 6.45) is 5.93. The monoisotopic (exact) mass is 282 g/mol. The van der Waals surface area contributed by atoms with Crippen LogP contribution in [0.2, 0.25) is 0 Å². The molecule has 0 aliphatic carbocycles. The van der Waals surface area contributed by atoms with Gasteiger partial charge >= 0.3 is 0 Å². The van der Waals surface area contributed by atoms with Crippen LogP contribution >= 0.6 is 0 Å². The SMILES string of the molecule is CCC1CN(C(=O)CN2CCCCCCC2=O)CCO1.